The first-order valence-electron chi connectivity index (χ1n) is 6.66. The first-order chi connectivity index (χ1) is 9.69. The van der Waals surface area contributed by atoms with Gasteiger partial charge in [0.15, 0.2) is 5.96 Å². The van der Waals surface area contributed by atoms with Gasteiger partial charge in [0.05, 0.1) is 18.8 Å². The molecular formula is C14H20N4S2. The zero-order valence-electron chi connectivity index (χ0n) is 12.1. The Morgan fingerprint density at radius 3 is 2.80 bits per heavy atom. The lowest BCUT2D eigenvalue weighted by atomic mass is 10.4. The molecule has 0 aromatic carbocycles. The Morgan fingerprint density at radius 1 is 1.35 bits per heavy atom. The van der Waals surface area contributed by atoms with Crippen molar-refractivity contribution >= 4 is 28.6 Å². The molecule has 0 aliphatic heterocycles. The summed E-state index contributed by atoms with van der Waals surface area (Å²) in [5.74, 6) is 0.839. The number of aromatic nitrogens is 1. The molecule has 2 heterocycles. The van der Waals surface area contributed by atoms with Crippen LogP contribution in [0, 0.1) is 13.8 Å². The number of thiophene rings is 1. The Hall–Kier alpha value is -1.40. The Morgan fingerprint density at radius 2 is 2.20 bits per heavy atom. The summed E-state index contributed by atoms with van der Waals surface area (Å²) in [5, 5.41) is 9.76. The number of hydrogen-bond donors (Lipinski definition) is 2. The van der Waals surface area contributed by atoms with Crippen LogP contribution < -0.4 is 10.6 Å². The van der Waals surface area contributed by atoms with Gasteiger partial charge in [0.1, 0.15) is 5.01 Å². The highest BCUT2D eigenvalue weighted by Crippen LogP contribution is 2.16. The lowest BCUT2D eigenvalue weighted by molar-refractivity contribution is 0.811. The fraction of sp³-hybridized carbons (Fsp3) is 0.429. The van der Waals surface area contributed by atoms with Crippen molar-refractivity contribution in [1.82, 2.24) is 15.6 Å². The molecule has 0 radical (unpaired) electrons. The number of aryl methyl sites for hydroxylation is 2. The van der Waals surface area contributed by atoms with Gasteiger partial charge in [-0.2, -0.15) is 0 Å². The van der Waals surface area contributed by atoms with Crippen LogP contribution in [0.2, 0.25) is 0 Å². The smallest absolute Gasteiger partial charge is 0.191 e. The van der Waals surface area contributed by atoms with Crippen molar-refractivity contribution in [3.05, 3.63) is 38.0 Å². The summed E-state index contributed by atoms with van der Waals surface area (Å²) < 4.78 is 0. The highest BCUT2D eigenvalue weighted by molar-refractivity contribution is 7.11. The van der Waals surface area contributed by atoms with E-state index in [-0.39, 0.29) is 0 Å². The minimum absolute atomic E-state index is 0.711. The van der Waals surface area contributed by atoms with E-state index in [0.717, 1.165) is 29.8 Å². The summed E-state index contributed by atoms with van der Waals surface area (Å²) in [6, 6.07) is 4.16. The van der Waals surface area contributed by atoms with Crippen molar-refractivity contribution in [2.45, 2.75) is 33.9 Å². The zero-order chi connectivity index (χ0) is 14.4. The van der Waals surface area contributed by atoms with Gasteiger partial charge in [-0.25, -0.2) is 9.98 Å². The van der Waals surface area contributed by atoms with Gasteiger partial charge in [0.25, 0.3) is 0 Å². The van der Waals surface area contributed by atoms with Crippen LogP contribution in [0.4, 0.5) is 0 Å². The molecule has 0 bridgehead atoms. The molecular weight excluding hydrogens is 288 g/mol. The second-order valence-corrected chi connectivity index (χ2v) is 6.70. The van der Waals surface area contributed by atoms with Gasteiger partial charge in [0, 0.05) is 16.3 Å². The fourth-order valence-electron chi connectivity index (χ4n) is 1.68. The summed E-state index contributed by atoms with van der Waals surface area (Å²) in [4.78, 5) is 11.7. The SMILES string of the molecule is CCNC(=NCc1cccs1)NCc1nc(C)c(C)s1. The van der Waals surface area contributed by atoms with Gasteiger partial charge in [0.2, 0.25) is 0 Å². The molecule has 0 fully saturated rings. The van der Waals surface area contributed by atoms with E-state index in [9.17, 15) is 0 Å². The third kappa shape index (κ3) is 4.31. The molecule has 2 aromatic rings. The van der Waals surface area contributed by atoms with Crippen LogP contribution in [0.15, 0.2) is 22.5 Å². The van der Waals surface area contributed by atoms with Gasteiger partial charge >= 0.3 is 0 Å². The molecule has 0 atom stereocenters. The Labute approximate surface area is 128 Å². The van der Waals surface area contributed by atoms with Gasteiger partial charge in [-0.3, -0.25) is 0 Å². The lowest BCUT2D eigenvalue weighted by Crippen LogP contribution is -2.36. The van der Waals surface area contributed by atoms with E-state index in [1.54, 1.807) is 22.7 Å². The first kappa shape index (κ1) is 15.0. The number of aliphatic imine (C=N–C) groups is 1. The van der Waals surface area contributed by atoms with E-state index < -0.39 is 0 Å². The fourth-order valence-corrected chi connectivity index (χ4v) is 3.18. The maximum atomic E-state index is 4.58. The van der Waals surface area contributed by atoms with Crippen LogP contribution in [0.1, 0.15) is 27.4 Å². The van der Waals surface area contributed by atoms with Crippen molar-refractivity contribution in [2.24, 2.45) is 4.99 Å². The average Bonchev–Trinajstić information content (AvgIpc) is 3.04. The zero-order valence-corrected chi connectivity index (χ0v) is 13.7. The van der Waals surface area contributed by atoms with Gasteiger partial charge < -0.3 is 10.6 Å². The molecule has 2 N–H and O–H groups in total. The Balaban J connectivity index is 1.93. The molecule has 0 spiro atoms. The highest BCUT2D eigenvalue weighted by Gasteiger charge is 2.04. The number of thiazole rings is 1. The molecule has 0 aliphatic carbocycles. The lowest BCUT2D eigenvalue weighted by Gasteiger charge is -2.09. The van der Waals surface area contributed by atoms with Gasteiger partial charge in [-0.15, -0.1) is 22.7 Å². The third-order valence-electron chi connectivity index (χ3n) is 2.80. The number of nitrogens with one attached hydrogen (secondary N) is 2. The van der Waals surface area contributed by atoms with Crippen molar-refractivity contribution < 1.29 is 0 Å². The number of rotatable bonds is 5. The van der Waals surface area contributed by atoms with Crippen LogP contribution in [-0.4, -0.2) is 17.5 Å². The molecule has 0 amide bonds. The Bertz CT molecular complexity index is 538. The van der Waals surface area contributed by atoms with E-state index in [1.165, 1.54) is 9.75 Å². The van der Waals surface area contributed by atoms with Gasteiger partial charge in [-0.05, 0) is 32.2 Å². The van der Waals surface area contributed by atoms with E-state index >= 15 is 0 Å². The highest BCUT2D eigenvalue weighted by atomic mass is 32.1. The first-order valence-corrected chi connectivity index (χ1v) is 8.36. The van der Waals surface area contributed by atoms with Crippen molar-refractivity contribution in [3.63, 3.8) is 0 Å². The molecule has 6 heteroatoms. The van der Waals surface area contributed by atoms with E-state index in [1.807, 2.05) is 6.92 Å². The van der Waals surface area contributed by atoms with E-state index in [0.29, 0.717) is 6.54 Å². The molecule has 0 unspecified atom stereocenters. The van der Waals surface area contributed by atoms with Crippen LogP contribution in [0.25, 0.3) is 0 Å². The molecule has 0 saturated carbocycles. The monoisotopic (exact) mass is 308 g/mol. The summed E-state index contributed by atoms with van der Waals surface area (Å²) >= 11 is 3.47. The Kier molecular flexibility index (Phi) is 5.55. The van der Waals surface area contributed by atoms with E-state index in [2.05, 4.69) is 52.0 Å². The summed E-state index contributed by atoms with van der Waals surface area (Å²) in [6.45, 7) is 8.50. The summed E-state index contributed by atoms with van der Waals surface area (Å²) in [7, 11) is 0. The minimum Gasteiger partial charge on any atom is -0.357 e. The predicted molar refractivity (Wildman–Crippen MR) is 87.6 cm³/mol. The quantitative estimate of drug-likeness (QED) is 0.659. The van der Waals surface area contributed by atoms with Crippen molar-refractivity contribution in [2.75, 3.05) is 6.54 Å². The van der Waals surface area contributed by atoms with Crippen LogP contribution in [0.3, 0.4) is 0 Å². The van der Waals surface area contributed by atoms with Crippen molar-refractivity contribution in [1.29, 1.82) is 0 Å². The van der Waals surface area contributed by atoms with Gasteiger partial charge in [-0.1, -0.05) is 6.07 Å². The predicted octanol–water partition coefficient (Wildman–Crippen LogP) is 3.08. The van der Waals surface area contributed by atoms with E-state index in [4.69, 9.17) is 0 Å². The molecule has 20 heavy (non-hydrogen) atoms. The molecule has 4 nitrogen and oxygen atoms in total. The third-order valence-corrected chi connectivity index (χ3v) is 4.73. The average molecular weight is 308 g/mol. The number of guanidine groups is 1. The molecule has 2 rings (SSSR count). The normalized spacial score (nSPS) is 11.7. The number of nitrogens with zero attached hydrogens (tertiary/aromatic N) is 2. The maximum absolute atomic E-state index is 4.58. The van der Waals surface area contributed by atoms with Crippen LogP contribution >= 0.6 is 22.7 Å². The molecule has 0 aliphatic rings. The van der Waals surface area contributed by atoms with Crippen molar-refractivity contribution in [3.8, 4) is 0 Å². The summed E-state index contributed by atoms with van der Waals surface area (Å²) in [5.41, 5.74) is 1.12. The largest absolute Gasteiger partial charge is 0.357 e. The molecule has 108 valence electrons. The second-order valence-electron chi connectivity index (χ2n) is 4.38. The molecule has 2 aromatic heterocycles. The topological polar surface area (TPSA) is 49.3 Å². The molecule has 0 saturated heterocycles. The second kappa shape index (κ2) is 7.40. The number of hydrogen-bond acceptors (Lipinski definition) is 4. The van der Waals surface area contributed by atoms with Crippen LogP contribution in [-0.2, 0) is 13.1 Å². The summed E-state index contributed by atoms with van der Waals surface area (Å²) in [6.07, 6.45) is 0. The minimum atomic E-state index is 0.711. The maximum Gasteiger partial charge on any atom is 0.191 e. The van der Waals surface area contributed by atoms with Crippen LogP contribution in [0.5, 0.6) is 0 Å². The standard InChI is InChI=1S/C14H20N4S2/c1-4-15-14(16-8-12-6-5-7-19-12)17-9-13-18-10(2)11(3)20-13/h5-7H,4,8-9H2,1-3H3,(H2,15,16,17).